The van der Waals surface area contributed by atoms with Crippen LogP contribution in [0.1, 0.15) is 21.7 Å². The summed E-state index contributed by atoms with van der Waals surface area (Å²) in [6, 6.07) is 11.9. The predicted molar refractivity (Wildman–Crippen MR) is 100.0 cm³/mol. The summed E-state index contributed by atoms with van der Waals surface area (Å²) < 4.78 is 7.28. The van der Waals surface area contributed by atoms with Gasteiger partial charge in [0.05, 0.1) is 0 Å². The van der Waals surface area contributed by atoms with Gasteiger partial charge < -0.3 is 20.4 Å². The predicted octanol–water partition coefficient (Wildman–Crippen LogP) is 3.25. The molecule has 3 rings (SSSR count). The van der Waals surface area contributed by atoms with Crippen LogP contribution in [-0.2, 0) is 0 Å². The highest BCUT2D eigenvalue weighted by atomic mass is 16.4. The molecule has 0 saturated carbocycles. The van der Waals surface area contributed by atoms with Crippen LogP contribution in [0.5, 0.6) is 0 Å². The van der Waals surface area contributed by atoms with Crippen LogP contribution in [-0.4, -0.2) is 23.6 Å². The van der Waals surface area contributed by atoms with Gasteiger partial charge in [-0.25, -0.2) is 4.79 Å². The number of amides is 3. The zero-order chi connectivity index (χ0) is 19.4. The van der Waals surface area contributed by atoms with Crippen LogP contribution in [0.2, 0.25) is 0 Å². The van der Waals surface area contributed by atoms with Gasteiger partial charge in [0, 0.05) is 30.8 Å². The minimum Gasteiger partial charge on any atom is -0.443 e. The van der Waals surface area contributed by atoms with E-state index in [1.165, 1.54) is 7.05 Å². The zero-order valence-electron chi connectivity index (χ0n) is 14.7. The standard InChI is InChI=1S/C19H17N5O3/c1-12-16(15(11-20)18(27-12)24-9-3-4-10-24)17(25)22-13-5-7-14(8-6-13)23-19(26)21-2/h3-10H,1-2H3,(H,22,25)(H2,21,23,26). The van der Waals surface area contributed by atoms with Crippen molar-refractivity contribution < 1.29 is 14.0 Å². The Morgan fingerprint density at radius 3 is 2.22 bits per heavy atom. The van der Waals surface area contributed by atoms with Crippen molar-refractivity contribution in [2.45, 2.75) is 6.92 Å². The van der Waals surface area contributed by atoms with E-state index >= 15 is 0 Å². The maximum atomic E-state index is 12.7. The van der Waals surface area contributed by atoms with E-state index in [0.717, 1.165) is 0 Å². The lowest BCUT2D eigenvalue weighted by atomic mass is 10.1. The molecule has 3 N–H and O–H groups in total. The van der Waals surface area contributed by atoms with Gasteiger partial charge in [-0.1, -0.05) is 0 Å². The number of nitriles is 1. The average molecular weight is 363 g/mol. The molecule has 0 unspecified atom stereocenters. The van der Waals surface area contributed by atoms with Crippen molar-refractivity contribution in [2.75, 3.05) is 17.7 Å². The molecule has 136 valence electrons. The lowest BCUT2D eigenvalue weighted by molar-refractivity contribution is 0.102. The molecular formula is C19H17N5O3. The van der Waals surface area contributed by atoms with Crippen LogP contribution in [0.25, 0.3) is 5.88 Å². The Kier molecular flexibility index (Phi) is 4.95. The summed E-state index contributed by atoms with van der Waals surface area (Å²) in [5.41, 5.74) is 1.46. The van der Waals surface area contributed by atoms with Crippen LogP contribution in [0, 0.1) is 18.3 Å². The molecular weight excluding hydrogens is 346 g/mol. The smallest absolute Gasteiger partial charge is 0.318 e. The van der Waals surface area contributed by atoms with Gasteiger partial charge in [-0.15, -0.1) is 0 Å². The minimum absolute atomic E-state index is 0.166. The SMILES string of the molecule is CNC(=O)Nc1ccc(NC(=O)c2c(C)oc(-n3cccc3)c2C#N)cc1. The molecule has 0 aliphatic rings. The highest BCUT2D eigenvalue weighted by molar-refractivity contribution is 6.07. The van der Waals surface area contributed by atoms with Gasteiger partial charge in [0.1, 0.15) is 23.0 Å². The summed E-state index contributed by atoms with van der Waals surface area (Å²) in [6.45, 7) is 1.64. The fraction of sp³-hybridized carbons (Fsp3) is 0.105. The van der Waals surface area contributed by atoms with Crippen molar-refractivity contribution >= 4 is 23.3 Å². The van der Waals surface area contributed by atoms with Gasteiger partial charge >= 0.3 is 6.03 Å². The largest absolute Gasteiger partial charge is 0.443 e. The molecule has 3 amide bonds. The first-order chi connectivity index (χ1) is 13.0. The molecule has 8 nitrogen and oxygen atoms in total. The van der Waals surface area contributed by atoms with Crippen molar-refractivity contribution in [1.82, 2.24) is 9.88 Å². The maximum absolute atomic E-state index is 12.7. The number of benzene rings is 1. The van der Waals surface area contributed by atoms with Crippen LogP contribution in [0.15, 0.2) is 53.2 Å². The first-order valence-corrected chi connectivity index (χ1v) is 8.10. The van der Waals surface area contributed by atoms with Gasteiger partial charge in [0.25, 0.3) is 5.91 Å². The third-order valence-electron chi connectivity index (χ3n) is 3.87. The van der Waals surface area contributed by atoms with E-state index in [1.54, 1.807) is 60.3 Å². The molecule has 0 atom stereocenters. The Balaban J connectivity index is 1.83. The third kappa shape index (κ3) is 3.67. The number of carbonyl (C=O) groups is 2. The highest BCUT2D eigenvalue weighted by Crippen LogP contribution is 2.26. The summed E-state index contributed by atoms with van der Waals surface area (Å²) in [7, 11) is 1.52. The van der Waals surface area contributed by atoms with E-state index < -0.39 is 5.91 Å². The number of furan rings is 1. The molecule has 0 radical (unpaired) electrons. The van der Waals surface area contributed by atoms with Crippen molar-refractivity contribution in [1.29, 1.82) is 5.26 Å². The van der Waals surface area contributed by atoms with Crippen molar-refractivity contribution in [3.63, 3.8) is 0 Å². The first-order valence-electron chi connectivity index (χ1n) is 8.10. The van der Waals surface area contributed by atoms with Crippen molar-refractivity contribution in [3.8, 4) is 12.0 Å². The Hall–Kier alpha value is -3.99. The average Bonchev–Trinajstić information content (AvgIpc) is 3.30. The summed E-state index contributed by atoms with van der Waals surface area (Å²) in [5, 5.41) is 17.3. The number of anilines is 2. The fourth-order valence-corrected chi connectivity index (χ4v) is 2.58. The van der Waals surface area contributed by atoms with Gasteiger partial charge in [-0.05, 0) is 43.3 Å². The number of nitrogens with zero attached hydrogens (tertiary/aromatic N) is 2. The molecule has 0 saturated heterocycles. The molecule has 2 aromatic heterocycles. The molecule has 1 aromatic carbocycles. The number of nitrogens with one attached hydrogen (secondary N) is 3. The maximum Gasteiger partial charge on any atom is 0.318 e. The van der Waals surface area contributed by atoms with E-state index in [0.29, 0.717) is 23.0 Å². The Morgan fingerprint density at radius 1 is 1.07 bits per heavy atom. The molecule has 27 heavy (non-hydrogen) atoms. The number of hydrogen-bond acceptors (Lipinski definition) is 4. The second-order valence-electron chi connectivity index (χ2n) is 5.65. The van der Waals surface area contributed by atoms with E-state index in [9.17, 15) is 14.9 Å². The van der Waals surface area contributed by atoms with E-state index in [-0.39, 0.29) is 17.2 Å². The monoisotopic (exact) mass is 363 g/mol. The molecule has 8 heteroatoms. The second-order valence-corrected chi connectivity index (χ2v) is 5.65. The number of urea groups is 1. The lowest BCUT2D eigenvalue weighted by Gasteiger charge is -2.07. The van der Waals surface area contributed by atoms with Gasteiger partial charge in [0.2, 0.25) is 5.88 Å². The fourth-order valence-electron chi connectivity index (χ4n) is 2.58. The Morgan fingerprint density at radius 2 is 1.67 bits per heavy atom. The topological polar surface area (TPSA) is 112 Å². The quantitative estimate of drug-likeness (QED) is 0.660. The third-order valence-corrected chi connectivity index (χ3v) is 3.87. The second kappa shape index (κ2) is 7.49. The number of aromatic nitrogens is 1. The summed E-state index contributed by atoms with van der Waals surface area (Å²) >= 11 is 0. The van der Waals surface area contributed by atoms with Gasteiger partial charge in [-0.2, -0.15) is 5.26 Å². The van der Waals surface area contributed by atoms with Crippen LogP contribution in [0.3, 0.4) is 0 Å². The number of hydrogen-bond donors (Lipinski definition) is 3. The molecule has 0 bridgehead atoms. The van der Waals surface area contributed by atoms with Gasteiger partial charge in [0.15, 0.2) is 0 Å². The summed E-state index contributed by atoms with van der Waals surface area (Å²) in [5.74, 6) is 0.208. The molecule has 2 heterocycles. The van der Waals surface area contributed by atoms with E-state index in [2.05, 4.69) is 16.0 Å². The molecule has 0 spiro atoms. The van der Waals surface area contributed by atoms with Crippen molar-refractivity contribution in [2.24, 2.45) is 0 Å². The minimum atomic E-state index is -0.446. The van der Waals surface area contributed by atoms with Crippen LogP contribution >= 0.6 is 0 Å². The highest BCUT2D eigenvalue weighted by Gasteiger charge is 2.24. The van der Waals surface area contributed by atoms with E-state index in [1.807, 2.05) is 6.07 Å². The molecule has 3 aromatic rings. The summed E-state index contributed by atoms with van der Waals surface area (Å²) in [4.78, 5) is 24.0. The Bertz CT molecular complexity index is 1010. The zero-order valence-corrected chi connectivity index (χ0v) is 14.7. The number of rotatable bonds is 4. The van der Waals surface area contributed by atoms with Crippen LogP contribution < -0.4 is 16.0 Å². The van der Waals surface area contributed by atoms with Crippen molar-refractivity contribution in [3.05, 3.63) is 65.7 Å². The Labute approximate surface area is 155 Å². The van der Waals surface area contributed by atoms with Gasteiger partial charge in [-0.3, -0.25) is 9.36 Å². The summed E-state index contributed by atoms with van der Waals surface area (Å²) in [6.07, 6.45) is 3.47. The van der Waals surface area contributed by atoms with E-state index in [4.69, 9.17) is 4.42 Å². The van der Waals surface area contributed by atoms with Crippen LogP contribution in [0.4, 0.5) is 16.2 Å². The molecule has 0 aliphatic heterocycles. The normalized spacial score (nSPS) is 10.1. The first kappa shape index (κ1) is 17.8. The molecule has 0 fully saturated rings. The number of aryl methyl sites for hydroxylation is 1. The molecule has 0 aliphatic carbocycles. The number of carbonyl (C=O) groups excluding carboxylic acids is 2. The lowest BCUT2D eigenvalue weighted by Crippen LogP contribution is -2.24.